The highest BCUT2D eigenvalue weighted by atomic mass is 32.2. The minimum atomic E-state index is -3.74. The molecule has 9 heteroatoms. The van der Waals surface area contributed by atoms with Crippen molar-refractivity contribution in [3.63, 3.8) is 0 Å². The van der Waals surface area contributed by atoms with Gasteiger partial charge in [0.1, 0.15) is 10.7 Å². The van der Waals surface area contributed by atoms with Crippen molar-refractivity contribution >= 4 is 48.9 Å². The number of sulfonamides is 1. The average Bonchev–Trinajstić information content (AvgIpc) is 3.60. The number of carbonyl (C=O) groups is 1. The minimum absolute atomic E-state index is 0.173. The molecule has 0 aliphatic heterocycles. The van der Waals surface area contributed by atoms with Gasteiger partial charge >= 0.3 is 0 Å². The van der Waals surface area contributed by atoms with E-state index in [-0.39, 0.29) is 10.8 Å². The van der Waals surface area contributed by atoms with Crippen LogP contribution < -0.4 is 10.0 Å². The molecule has 0 atom stereocenters. The molecule has 1 saturated carbocycles. The molecule has 174 valence electrons. The normalized spacial score (nSPS) is 13.7. The number of aryl methyl sites for hydroxylation is 3. The standard InChI is InChI=1S/C25H24N4O3S2/c1-14-9-12-18(13-20(14)29-34(31,32)19-7-5-4-6-8-19)27-24(30)22-15(2)21-16(3)26-23(17-10-11-17)28-25(21)33-22/h4-9,12-13,17,29H,10-11H2,1-3H3,(H,27,30). The van der Waals surface area contributed by atoms with Gasteiger partial charge in [-0.3, -0.25) is 9.52 Å². The quantitative estimate of drug-likeness (QED) is 0.368. The summed E-state index contributed by atoms with van der Waals surface area (Å²) in [5, 5.41) is 3.84. The van der Waals surface area contributed by atoms with Gasteiger partial charge in [0, 0.05) is 17.0 Å². The Kier molecular flexibility index (Phi) is 5.61. The topological polar surface area (TPSA) is 101 Å². The van der Waals surface area contributed by atoms with Crippen molar-refractivity contribution < 1.29 is 13.2 Å². The summed E-state index contributed by atoms with van der Waals surface area (Å²) in [4.78, 5) is 24.1. The summed E-state index contributed by atoms with van der Waals surface area (Å²) in [7, 11) is -3.74. The first-order valence-electron chi connectivity index (χ1n) is 11.0. The first kappa shape index (κ1) is 22.5. The molecule has 7 nitrogen and oxygen atoms in total. The van der Waals surface area contributed by atoms with Crippen LogP contribution in [0.2, 0.25) is 0 Å². The minimum Gasteiger partial charge on any atom is -0.321 e. The number of fused-ring (bicyclic) bond motifs is 1. The Balaban J connectivity index is 1.42. The molecule has 0 spiro atoms. The number of hydrogen-bond acceptors (Lipinski definition) is 6. The number of benzene rings is 2. The third-order valence-corrected chi connectivity index (χ3v) is 8.50. The van der Waals surface area contributed by atoms with Crippen molar-refractivity contribution in [3.8, 4) is 0 Å². The molecule has 5 rings (SSSR count). The van der Waals surface area contributed by atoms with E-state index in [9.17, 15) is 13.2 Å². The molecular weight excluding hydrogens is 468 g/mol. The molecule has 0 unspecified atom stereocenters. The highest BCUT2D eigenvalue weighted by molar-refractivity contribution is 7.92. The summed E-state index contributed by atoms with van der Waals surface area (Å²) < 4.78 is 28.1. The maximum atomic E-state index is 13.2. The van der Waals surface area contributed by atoms with Gasteiger partial charge in [-0.25, -0.2) is 18.4 Å². The van der Waals surface area contributed by atoms with Crippen LogP contribution in [0.5, 0.6) is 0 Å². The van der Waals surface area contributed by atoms with E-state index in [1.807, 2.05) is 20.8 Å². The molecule has 34 heavy (non-hydrogen) atoms. The van der Waals surface area contributed by atoms with Gasteiger partial charge in [0.25, 0.3) is 15.9 Å². The van der Waals surface area contributed by atoms with Crippen LogP contribution in [0.1, 0.15) is 51.1 Å². The number of aromatic nitrogens is 2. The Morgan fingerprint density at radius 1 is 1.03 bits per heavy atom. The lowest BCUT2D eigenvalue weighted by Gasteiger charge is -2.13. The SMILES string of the molecule is Cc1ccc(NC(=O)c2sc3nc(C4CC4)nc(C)c3c2C)cc1NS(=O)(=O)c1ccccc1. The number of carbonyl (C=O) groups excluding carboxylic acids is 1. The van der Waals surface area contributed by atoms with Gasteiger partial charge in [-0.1, -0.05) is 24.3 Å². The number of nitrogens with zero attached hydrogens (tertiary/aromatic N) is 2. The maximum Gasteiger partial charge on any atom is 0.266 e. The van der Waals surface area contributed by atoms with Crippen LogP contribution in [-0.4, -0.2) is 24.3 Å². The zero-order chi connectivity index (χ0) is 24.0. The van der Waals surface area contributed by atoms with Crippen molar-refractivity contribution in [1.29, 1.82) is 0 Å². The number of nitrogens with one attached hydrogen (secondary N) is 2. The average molecular weight is 493 g/mol. The van der Waals surface area contributed by atoms with Crippen molar-refractivity contribution in [2.24, 2.45) is 0 Å². The number of thiophene rings is 1. The third kappa shape index (κ3) is 4.28. The van der Waals surface area contributed by atoms with E-state index in [0.717, 1.165) is 45.7 Å². The summed E-state index contributed by atoms with van der Waals surface area (Å²) in [5.74, 6) is 1.05. The second kappa shape index (κ2) is 8.48. The van der Waals surface area contributed by atoms with Crippen LogP contribution in [0, 0.1) is 20.8 Å². The molecule has 1 fully saturated rings. The van der Waals surface area contributed by atoms with Gasteiger partial charge in [0.15, 0.2) is 0 Å². The molecule has 2 aromatic heterocycles. The summed E-state index contributed by atoms with van der Waals surface area (Å²) >= 11 is 1.36. The smallest absolute Gasteiger partial charge is 0.266 e. The Morgan fingerprint density at radius 3 is 2.47 bits per heavy atom. The molecule has 2 aromatic carbocycles. The Hall–Kier alpha value is -3.30. The molecule has 0 radical (unpaired) electrons. The molecular formula is C25H24N4O3S2. The van der Waals surface area contributed by atoms with Crippen LogP contribution in [0.15, 0.2) is 53.4 Å². The van der Waals surface area contributed by atoms with Gasteiger partial charge in [-0.05, 0) is 69.0 Å². The zero-order valence-corrected chi connectivity index (χ0v) is 20.7. The summed E-state index contributed by atoms with van der Waals surface area (Å²) in [6.07, 6.45) is 2.23. The van der Waals surface area contributed by atoms with Gasteiger partial charge in [0.2, 0.25) is 0 Å². The second-order valence-corrected chi connectivity index (χ2v) is 11.3. The number of amides is 1. The first-order valence-corrected chi connectivity index (χ1v) is 13.3. The highest BCUT2D eigenvalue weighted by Crippen LogP contribution is 2.40. The number of anilines is 2. The molecule has 1 amide bonds. The Labute approximate surface area is 202 Å². The third-order valence-electron chi connectivity index (χ3n) is 5.93. The Morgan fingerprint density at radius 2 is 1.76 bits per heavy atom. The molecule has 0 bridgehead atoms. The van der Waals surface area contributed by atoms with Crippen molar-refractivity contribution in [1.82, 2.24) is 9.97 Å². The van der Waals surface area contributed by atoms with Crippen LogP contribution in [0.25, 0.3) is 10.2 Å². The molecule has 0 saturated heterocycles. The summed E-state index contributed by atoms with van der Waals surface area (Å²) in [6.45, 7) is 5.68. The van der Waals surface area contributed by atoms with E-state index in [1.165, 1.54) is 23.5 Å². The number of hydrogen-bond donors (Lipinski definition) is 2. The fraction of sp³-hybridized carbons (Fsp3) is 0.240. The fourth-order valence-corrected chi connectivity index (χ4v) is 6.18. The van der Waals surface area contributed by atoms with Gasteiger partial charge in [0.05, 0.1) is 21.2 Å². The predicted octanol–water partition coefficient (Wildman–Crippen LogP) is 5.55. The van der Waals surface area contributed by atoms with Gasteiger partial charge in [-0.2, -0.15) is 0 Å². The van der Waals surface area contributed by atoms with E-state index in [0.29, 0.717) is 22.2 Å². The zero-order valence-electron chi connectivity index (χ0n) is 19.0. The lowest BCUT2D eigenvalue weighted by Crippen LogP contribution is -2.15. The predicted molar refractivity (Wildman–Crippen MR) is 135 cm³/mol. The molecule has 2 heterocycles. The van der Waals surface area contributed by atoms with Crippen LogP contribution in [0.4, 0.5) is 11.4 Å². The molecule has 4 aromatic rings. The summed E-state index contributed by atoms with van der Waals surface area (Å²) in [6, 6.07) is 13.3. The first-order chi connectivity index (χ1) is 16.2. The molecule has 1 aliphatic carbocycles. The lowest BCUT2D eigenvalue weighted by molar-refractivity contribution is 0.103. The van der Waals surface area contributed by atoms with Crippen molar-refractivity contribution in [3.05, 3.63) is 76.1 Å². The highest BCUT2D eigenvalue weighted by Gasteiger charge is 2.28. The van der Waals surface area contributed by atoms with Crippen LogP contribution >= 0.6 is 11.3 Å². The van der Waals surface area contributed by atoms with E-state index < -0.39 is 10.0 Å². The monoisotopic (exact) mass is 492 g/mol. The molecule has 2 N–H and O–H groups in total. The van der Waals surface area contributed by atoms with Gasteiger partial charge in [-0.15, -0.1) is 11.3 Å². The Bertz CT molecular complexity index is 1530. The van der Waals surface area contributed by atoms with Gasteiger partial charge < -0.3 is 5.32 Å². The fourth-order valence-electron chi connectivity index (χ4n) is 3.90. The second-order valence-electron chi connectivity index (χ2n) is 8.58. The largest absolute Gasteiger partial charge is 0.321 e. The molecule has 1 aliphatic rings. The van der Waals surface area contributed by atoms with Crippen molar-refractivity contribution in [2.75, 3.05) is 10.0 Å². The summed E-state index contributed by atoms with van der Waals surface area (Å²) in [5.41, 5.74) is 3.40. The van der Waals surface area contributed by atoms with E-state index >= 15 is 0 Å². The van der Waals surface area contributed by atoms with E-state index in [2.05, 4.69) is 15.0 Å². The van der Waals surface area contributed by atoms with Crippen molar-refractivity contribution in [2.45, 2.75) is 44.4 Å². The maximum absolute atomic E-state index is 13.2. The van der Waals surface area contributed by atoms with E-state index in [1.54, 1.807) is 36.4 Å². The van der Waals surface area contributed by atoms with Crippen LogP contribution in [-0.2, 0) is 10.0 Å². The van der Waals surface area contributed by atoms with E-state index in [4.69, 9.17) is 4.98 Å². The van der Waals surface area contributed by atoms with Crippen LogP contribution in [0.3, 0.4) is 0 Å². The lowest BCUT2D eigenvalue weighted by atomic mass is 10.1. The number of rotatable bonds is 6.